The van der Waals surface area contributed by atoms with Crippen LogP contribution in [0.1, 0.15) is 0 Å². The van der Waals surface area contributed by atoms with Crippen LogP contribution in [-0.4, -0.2) is 9.49 Å². The second kappa shape index (κ2) is 6.35. The number of non-ortho nitro benzene ring substituents is 1. The molecule has 5 rings (SSSR count). The third-order valence-electron chi connectivity index (χ3n) is 5.10. The highest BCUT2D eigenvalue weighted by atomic mass is 16.6. The first-order valence-electron chi connectivity index (χ1n) is 9.06. The quantitative estimate of drug-likeness (QED) is 0.276. The van der Waals surface area contributed by atoms with Crippen LogP contribution in [0, 0.1) is 10.1 Å². The molecule has 0 fully saturated rings. The minimum atomic E-state index is -0.375. The van der Waals surface area contributed by atoms with Crippen molar-refractivity contribution in [3.8, 4) is 16.8 Å². The summed E-state index contributed by atoms with van der Waals surface area (Å²) in [4.78, 5) is 10.5. The van der Waals surface area contributed by atoms with Crippen molar-refractivity contribution in [2.45, 2.75) is 0 Å². The summed E-state index contributed by atoms with van der Waals surface area (Å²) in [6.07, 6.45) is 0. The molecule has 4 aromatic carbocycles. The first-order valence-corrected chi connectivity index (χ1v) is 9.06. The van der Waals surface area contributed by atoms with Crippen LogP contribution in [0.3, 0.4) is 0 Å². The van der Waals surface area contributed by atoms with Crippen LogP contribution in [0.15, 0.2) is 97.1 Å². The molecule has 134 valence electrons. The summed E-state index contributed by atoms with van der Waals surface area (Å²) < 4.78 is 2.27. The van der Waals surface area contributed by atoms with Crippen LogP contribution in [0.5, 0.6) is 0 Å². The van der Waals surface area contributed by atoms with E-state index in [9.17, 15) is 10.1 Å². The summed E-state index contributed by atoms with van der Waals surface area (Å²) in [7, 11) is 0. The van der Waals surface area contributed by atoms with Crippen molar-refractivity contribution in [1.29, 1.82) is 0 Å². The summed E-state index contributed by atoms with van der Waals surface area (Å²) in [5, 5.41) is 13.3. The monoisotopic (exact) mass is 364 g/mol. The molecule has 28 heavy (non-hydrogen) atoms. The van der Waals surface area contributed by atoms with E-state index in [0.29, 0.717) is 0 Å². The second-order valence-corrected chi connectivity index (χ2v) is 6.72. The topological polar surface area (TPSA) is 48.1 Å². The number of hydrogen-bond donors (Lipinski definition) is 0. The number of hydrogen-bond acceptors (Lipinski definition) is 2. The minimum Gasteiger partial charge on any atom is -0.309 e. The molecule has 0 N–H and O–H groups in total. The van der Waals surface area contributed by atoms with Gasteiger partial charge < -0.3 is 4.57 Å². The Morgan fingerprint density at radius 3 is 2.04 bits per heavy atom. The highest BCUT2D eigenvalue weighted by molar-refractivity contribution is 6.10. The van der Waals surface area contributed by atoms with E-state index in [2.05, 4.69) is 59.2 Å². The van der Waals surface area contributed by atoms with Crippen molar-refractivity contribution in [2.24, 2.45) is 0 Å². The molecule has 5 aromatic rings. The van der Waals surface area contributed by atoms with Crippen molar-refractivity contribution < 1.29 is 4.92 Å². The Labute approximate surface area is 161 Å². The van der Waals surface area contributed by atoms with Crippen LogP contribution in [0.4, 0.5) is 5.69 Å². The van der Waals surface area contributed by atoms with Crippen LogP contribution < -0.4 is 0 Å². The van der Waals surface area contributed by atoms with Gasteiger partial charge in [-0.3, -0.25) is 10.1 Å². The largest absolute Gasteiger partial charge is 0.309 e. The Morgan fingerprint density at radius 1 is 0.643 bits per heavy atom. The molecule has 1 aromatic heterocycles. The number of nitro benzene ring substituents is 1. The SMILES string of the molecule is O=[N+]([O-])c1ccc(-c2ccc3c(c2)c2ccccc2n3-c2ccccc2)cc1. The lowest BCUT2D eigenvalue weighted by atomic mass is 10.0. The summed E-state index contributed by atoms with van der Waals surface area (Å²) in [6, 6.07) is 31.8. The van der Waals surface area contributed by atoms with Gasteiger partial charge in [0.15, 0.2) is 0 Å². The van der Waals surface area contributed by atoms with Crippen LogP contribution in [0.2, 0.25) is 0 Å². The Kier molecular flexibility index (Phi) is 3.69. The predicted octanol–water partition coefficient (Wildman–Crippen LogP) is 6.36. The first kappa shape index (κ1) is 16.3. The lowest BCUT2D eigenvalue weighted by Crippen LogP contribution is -1.92. The van der Waals surface area contributed by atoms with Crippen LogP contribution in [-0.2, 0) is 0 Å². The molecule has 0 unspecified atom stereocenters. The fourth-order valence-electron chi connectivity index (χ4n) is 3.78. The molecule has 0 radical (unpaired) electrons. The summed E-state index contributed by atoms with van der Waals surface area (Å²) in [5.41, 5.74) is 5.52. The van der Waals surface area contributed by atoms with Crippen LogP contribution >= 0.6 is 0 Å². The van der Waals surface area contributed by atoms with E-state index in [1.54, 1.807) is 24.3 Å². The van der Waals surface area contributed by atoms with E-state index < -0.39 is 0 Å². The lowest BCUT2D eigenvalue weighted by Gasteiger charge is -2.08. The van der Waals surface area contributed by atoms with Gasteiger partial charge >= 0.3 is 0 Å². The number of nitro groups is 1. The van der Waals surface area contributed by atoms with Gasteiger partial charge in [0.2, 0.25) is 0 Å². The van der Waals surface area contributed by atoms with Gasteiger partial charge in [0, 0.05) is 28.6 Å². The average molecular weight is 364 g/mol. The molecule has 0 aliphatic heterocycles. The summed E-state index contributed by atoms with van der Waals surface area (Å²) >= 11 is 0. The Bertz CT molecular complexity index is 1320. The number of benzene rings is 4. The Hall–Kier alpha value is -3.92. The molecule has 0 aliphatic rings. The molecule has 0 aliphatic carbocycles. The molecule has 0 spiro atoms. The van der Waals surface area contributed by atoms with E-state index >= 15 is 0 Å². The fraction of sp³-hybridized carbons (Fsp3) is 0. The van der Waals surface area contributed by atoms with Gasteiger partial charge in [0.05, 0.1) is 16.0 Å². The molecule has 4 heteroatoms. The van der Waals surface area contributed by atoms with E-state index in [1.165, 1.54) is 5.39 Å². The maximum atomic E-state index is 10.9. The number of para-hydroxylation sites is 2. The van der Waals surface area contributed by atoms with Gasteiger partial charge in [-0.05, 0) is 53.6 Å². The third kappa shape index (κ3) is 2.55. The number of aromatic nitrogens is 1. The molecule has 1 heterocycles. The van der Waals surface area contributed by atoms with Gasteiger partial charge in [-0.1, -0.05) is 42.5 Å². The molecular formula is C24H16N2O2. The average Bonchev–Trinajstić information content (AvgIpc) is 3.08. The second-order valence-electron chi connectivity index (χ2n) is 6.72. The van der Waals surface area contributed by atoms with Crippen molar-refractivity contribution in [3.05, 3.63) is 107 Å². The van der Waals surface area contributed by atoms with Crippen molar-refractivity contribution in [1.82, 2.24) is 4.57 Å². The Morgan fingerprint density at radius 2 is 1.29 bits per heavy atom. The van der Waals surface area contributed by atoms with Crippen molar-refractivity contribution in [3.63, 3.8) is 0 Å². The lowest BCUT2D eigenvalue weighted by molar-refractivity contribution is -0.384. The van der Waals surface area contributed by atoms with E-state index in [1.807, 2.05) is 18.2 Å². The van der Waals surface area contributed by atoms with Gasteiger partial charge in [-0.15, -0.1) is 0 Å². The first-order chi connectivity index (χ1) is 13.7. The van der Waals surface area contributed by atoms with E-state index in [0.717, 1.165) is 33.2 Å². The molecule has 4 nitrogen and oxygen atoms in total. The van der Waals surface area contributed by atoms with Crippen molar-refractivity contribution >= 4 is 27.5 Å². The molecule has 0 bridgehead atoms. The molecule has 0 atom stereocenters. The summed E-state index contributed by atoms with van der Waals surface area (Å²) in [6.45, 7) is 0. The molecule has 0 saturated carbocycles. The zero-order valence-corrected chi connectivity index (χ0v) is 14.9. The van der Waals surface area contributed by atoms with Crippen molar-refractivity contribution in [2.75, 3.05) is 0 Å². The van der Waals surface area contributed by atoms with Crippen LogP contribution in [0.25, 0.3) is 38.6 Å². The zero-order chi connectivity index (χ0) is 19.1. The molecular weight excluding hydrogens is 348 g/mol. The molecule has 0 saturated heterocycles. The minimum absolute atomic E-state index is 0.102. The number of rotatable bonds is 3. The summed E-state index contributed by atoms with van der Waals surface area (Å²) in [5.74, 6) is 0. The predicted molar refractivity (Wildman–Crippen MR) is 113 cm³/mol. The zero-order valence-electron chi connectivity index (χ0n) is 14.9. The highest BCUT2D eigenvalue weighted by Crippen LogP contribution is 2.35. The maximum Gasteiger partial charge on any atom is 0.269 e. The maximum absolute atomic E-state index is 10.9. The number of fused-ring (bicyclic) bond motifs is 3. The standard InChI is InChI=1S/C24H16N2O2/c27-26(28)20-13-10-17(11-14-20)18-12-15-24-22(16-18)21-8-4-5-9-23(21)25(24)19-6-2-1-3-7-19/h1-16H. The smallest absolute Gasteiger partial charge is 0.269 e. The fourth-order valence-corrected chi connectivity index (χ4v) is 3.78. The van der Waals surface area contributed by atoms with Gasteiger partial charge in [0.1, 0.15) is 0 Å². The van der Waals surface area contributed by atoms with Gasteiger partial charge in [-0.25, -0.2) is 0 Å². The third-order valence-corrected chi connectivity index (χ3v) is 5.10. The molecule has 0 amide bonds. The highest BCUT2D eigenvalue weighted by Gasteiger charge is 2.13. The Balaban J connectivity index is 1.75. The number of nitrogens with zero attached hydrogens (tertiary/aromatic N) is 2. The van der Waals surface area contributed by atoms with E-state index in [-0.39, 0.29) is 10.6 Å². The normalized spacial score (nSPS) is 11.1. The van der Waals surface area contributed by atoms with E-state index in [4.69, 9.17) is 0 Å². The van der Waals surface area contributed by atoms with Gasteiger partial charge in [-0.2, -0.15) is 0 Å². The van der Waals surface area contributed by atoms with Gasteiger partial charge in [0.25, 0.3) is 5.69 Å².